The Morgan fingerprint density at radius 3 is 2.83 bits per heavy atom. The summed E-state index contributed by atoms with van der Waals surface area (Å²) in [4.78, 5) is 6.95. The van der Waals surface area contributed by atoms with E-state index in [1.54, 1.807) is 23.0 Å². The summed E-state index contributed by atoms with van der Waals surface area (Å²) in [7, 11) is 0. The van der Waals surface area contributed by atoms with Gasteiger partial charge in [0.05, 0.1) is 12.8 Å². The van der Waals surface area contributed by atoms with Crippen LogP contribution < -0.4 is 4.90 Å². The van der Waals surface area contributed by atoms with Crippen LogP contribution in [-0.4, -0.2) is 32.9 Å². The molecule has 0 aliphatic rings. The lowest BCUT2D eigenvalue weighted by Gasteiger charge is -2.20. The molecule has 5 nitrogen and oxygen atoms in total. The summed E-state index contributed by atoms with van der Waals surface area (Å²) in [6.45, 7) is 0.423. The van der Waals surface area contributed by atoms with Crippen molar-refractivity contribution >= 4 is 37.9 Å². The fourth-order valence-corrected chi connectivity index (χ4v) is 3.45. The largest absolute Gasteiger partial charge is 0.395 e. The Hall–Kier alpha value is -2.51. The number of aliphatic hydroxyl groups excluding tert-OH is 1. The monoisotopic (exact) mass is 328 g/mol. The summed E-state index contributed by atoms with van der Waals surface area (Å²) in [5.41, 5.74) is 0.898. The molecule has 0 saturated carbocycles. The number of hydrogen-bond acceptors (Lipinski definition) is 5. The number of anilines is 2. The van der Waals surface area contributed by atoms with Gasteiger partial charge in [0.2, 0.25) is 10.1 Å². The molecule has 2 aromatic carbocycles. The quantitative estimate of drug-likeness (QED) is 0.625. The lowest BCUT2D eigenvalue weighted by molar-refractivity contribution is 0.305. The van der Waals surface area contributed by atoms with E-state index in [1.807, 2.05) is 23.1 Å². The average Bonchev–Trinajstić information content (AvgIpc) is 3.13. The number of halogens is 1. The predicted molar refractivity (Wildman–Crippen MR) is 88.9 cm³/mol. The van der Waals surface area contributed by atoms with Crippen LogP contribution in [0.5, 0.6) is 0 Å². The molecular weight excluding hydrogens is 315 g/mol. The van der Waals surface area contributed by atoms with Gasteiger partial charge in [0, 0.05) is 18.4 Å². The summed E-state index contributed by atoms with van der Waals surface area (Å²) >= 11 is 1.45. The minimum Gasteiger partial charge on any atom is -0.395 e. The molecule has 2 aromatic heterocycles. The molecule has 7 heteroatoms. The van der Waals surface area contributed by atoms with Crippen LogP contribution in [-0.2, 0) is 0 Å². The minimum atomic E-state index is -0.251. The first-order chi connectivity index (χ1) is 11.2. The maximum absolute atomic E-state index is 13.3. The lowest BCUT2D eigenvalue weighted by Crippen LogP contribution is -2.21. The smallest absolute Gasteiger partial charge is 0.213 e. The molecule has 0 unspecified atom stereocenters. The first kappa shape index (κ1) is 14.1. The third-order valence-corrected chi connectivity index (χ3v) is 4.58. The van der Waals surface area contributed by atoms with Crippen LogP contribution in [0.4, 0.5) is 15.2 Å². The summed E-state index contributed by atoms with van der Waals surface area (Å²) < 4.78 is 15.0. The van der Waals surface area contributed by atoms with Crippen molar-refractivity contribution in [3.63, 3.8) is 0 Å². The van der Waals surface area contributed by atoms with E-state index >= 15 is 0 Å². The highest BCUT2D eigenvalue weighted by Gasteiger charge is 2.15. The zero-order chi connectivity index (χ0) is 15.8. The fourth-order valence-electron chi connectivity index (χ4n) is 2.54. The van der Waals surface area contributed by atoms with Crippen molar-refractivity contribution in [1.29, 1.82) is 0 Å². The second-order valence-corrected chi connectivity index (χ2v) is 6.02. The molecule has 4 aromatic rings. The molecule has 0 fully saturated rings. The van der Waals surface area contributed by atoms with Gasteiger partial charge in [-0.3, -0.25) is 0 Å². The Bertz CT molecular complexity index is 952. The van der Waals surface area contributed by atoms with Crippen LogP contribution in [0.15, 0.2) is 48.8 Å². The fraction of sp³-hybridized carbons (Fsp3) is 0.125. The molecule has 0 radical (unpaired) electrons. The third-order valence-electron chi connectivity index (χ3n) is 3.62. The number of aliphatic hydroxyl groups is 1. The van der Waals surface area contributed by atoms with Crippen molar-refractivity contribution in [3.05, 3.63) is 54.6 Å². The summed E-state index contributed by atoms with van der Waals surface area (Å²) in [5.74, 6) is -0.251. The molecule has 1 N–H and O–H groups in total. The maximum Gasteiger partial charge on any atom is 0.213 e. The van der Waals surface area contributed by atoms with Crippen molar-refractivity contribution in [3.8, 4) is 0 Å². The van der Waals surface area contributed by atoms with E-state index in [0.29, 0.717) is 6.54 Å². The van der Waals surface area contributed by atoms with E-state index in [4.69, 9.17) is 0 Å². The van der Waals surface area contributed by atoms with Gasteiger partial charge in [-0.15, -0.1) is 5.10 Å². The topological polar surface area (TPSA) is 53.7 Å². The Morgan fingerprint density at radius 1 is 1.17 bits per heavy atom. The molecule has 2 heterocycles. The highest BCUT2D eigenvalue weighted by atomic mass is 32.1. The Kier molecular flexibility index (Phi) is 3.44. The summed E-state index contributed by atoms with van der Waals surface area (Å²) in [6, 6.07) is 10.4. The molecular formula is C16H13FN4OS. The third kappa shape index (κ3) is 2.54. The molecule has 0 atom stereocenters. The van der Waals surface area contributed by atoms with Crippen LogP contribution in [0, 0.1) is 5.82 Å². The van der Waals surface area contributed by atoms with Gasteiger partial charge in [-0.1, -0.05) is 23.5 Å². The van der Waals surface area contributed by atoms with Crippen molar-refractivity contribution < 1.29 is 9.50 Å². The maximum atomic E-state index is 13.3. The second kappa shape index (κ2) is 5.60. The van der Waals surface area contributed by atoms with Crippen LogP contribution >= 0.6 is 11.3 Å². The predicted octanol–water partition coefficient (Wildman–Crippen LogP) is 3.21. The van der Waals surface area contributed by atoms with Gasteiger partial charge in [-0.2, -0.15) is 0 Å². The van der Waals surface area contributed by atoms with Gasteiger partial charge in [0.25, 0.3) is 0 Å². The van der Waals surface area contributed by atoms with Gasteiger partial charge < -0.3 is 10.0 Å². The van der Waals surface area contributed by atoms with Crippen LogP contribution in [0.25, 0.3) is 15.7 Å². The van der Waals surface area contributed by atoms with E-state index in [2.05, 4.69) is 10.1 Å². The Balaban J connectivity index is 1.80. The van der Waals surface area contributed by atoms with Crippen LogP contribution in [0.1, 0.15) is 0 Å². The van der Waals surface area contributed by atoms with Crippen molar-refractivity contribution in [1.82, 2.24) is 14.6 Å². The normalized spacial score (nSPS) is 11.4. The zero-order valence-corrected chi connectivity index (χ0v) is 12.9. The number of imidazole rings is 1. The van der Waals surface area contributed by atoms with Crippen molar-refractivity contribution in [2.75, 3.05) is 18.1 Å². The molecule has 0 spiro atoms. The van der Waals surface area contributed by atoms with Gasteiger partial charge in [0.1, 0.15) is 5.82 Å². The Morgan fingerprint density at radius 2 is 2.00 bits per heavy atom. The minimum absolute atomic E-state index is 0.00332. The van der Waals surface area contributed by atoms with Gasteiger partial charge in [-0.05, 0) is 35.0 Å². The zero-order valence-electron chi connectivity index (χ0n) is 12.1. The van der Waals surface area contributed by atoms with Gasteiger partial charge >= 0.3 is 0 Å². The number of fused-ring (bicyclic) bond motifs is 2. The van der Waals surface area contributed by atoms with E-state index in [-0.39, 0.29) is 12.4 Å². The number of nitrogens with zero attached hydrogens (tertiary/aromatic N) is 4. The molecule has 0 saturated heterocycles. The lowest BCUT2D eigenvalue weighted by atomic mass is 10.1. The highest BCUT2D eigenvalue weighted by Crippen LogP contribution is 2.31. The summed E-state index contributed by atoms with van der Waals surface area (Å²) in [5, 5.41) is 16.4. The standard InChI is InChI=1S/C16H13FN4OS/c17-13-3-1-12-10-14(4-2-11(12)9-13)20(7-8-22)16-19-21-6-5-18-15(21)23-16/h1-6,9-10,22H,7-8H2. The SMILES string of the molecule is OCCN(c1ccc2cc(F)ccc2c1)c1nn2ccnc2s1. The van der Waals surface area contributed by atoms with E-state index in [9.17, 15) is 9.50 Å². The first-order valence-corrected chi connectivity index (χ1v) is 7.94. The van der Waals surface area contributed by atoms with E-state index < -0.39 is 0 Å². The molecule has 0 amide bonds. The van der Waals surface area contributed by atoms with Crippen LogP contribution in [0.3, 0.4) is 0 Å². The van der Waals surface area contributed by atoms with E-state index in [0.717, 1.165) is 26.6 Å². The second-order valence-electron chi connectivity index (χ2n) is 5.09. The van der Waals surface area contributed by atoms with Crippen LogP contribution in [0.2, 0.25) is 0 Å². The Labute approximate surface area is 135 Å². The number of rotatable bonds is 4. The van der Waals surface area contributed by atoms with Crippen molar-refractivity contribution in [2.24, 2.45) is 0 Å². The molecule has 0 aliphatic heterocycles. The van der Waals surface area contributed by atoms with Gasteiger partial charge in [-0.25, -0.2) is 13.9 Å². The average molecular weight is 328 g/mol. The molecule has 23 heavy (non-hydrogen) atoms. The van der Waals surface area contributed by atoms with E-state index in [1.165, 1.54) is 23.5 Å². The van der Waals surface area contributed by atoms with Gasteiger partial charge in [0.15, 0.2) is 0 Å². The molecule has 0 aliphatic carbocycles. The molecule has 116 valence electrons. The number of aromatic nitrogens is 3. The van der Waals surface area contributed by atoms with Crippen molar-refractivity contribution in [2.45, 2.75) is 0 Å². The first-order valence-electron chi connectivity index (χ1n) is 7.12. The number of benzene rings is 2. The highest BCUT2D eigenvalue weighted by molar-refractivity contribution is 7.20. The number of hydrogen-bond donors (Lipinski definition) is 1. The molecule has 0 bridgehead atoms. The molecule has 4 rings (SSSR count). The summed E-state index contributed by atoms with van der Waals surface area (Å²) in [6.07, 6.45) is 3.49.